The van der Waals surface area contributed by atoms with E-state index in [0.29, 0.717) is 34.2 Å². The molecule has 0 aliphatic carbocycles. The van der Waals surface area contributed by atoms with Gasteiger partial charge in [0.25, 0.3) is 0 Å². The third kappa shape index (κ3) is 6.26. The number of methoxy groups -OCH3 is 2. The standard InChI is InChI=1S/C19H29N5O3S/c1-12(2)10-24(11-13(3)4)19-23-22-18(28-19)21-17(25)20-14-7-8-15(26-5)16(9-14)27-6/h7-9,12-13H,10-11H2,1-6H3,(H2,20,21,22,25). The van der Waals surface area contributed by atoms with Crippen LogP contribution in [0.3, 0.4) is 0 Å². The average molecular weight is 408 g/mol. The smallest absolute Gasteiger partial charge is 0.325 e. The second-order valence-electron chi connectivity index (χ2n) is 7.23. The van der Waals surface area contributed by atoms with Crippen molar-refractivity contribution >= 4 is 33.3 Å². The molecule has 154 valence electrons. The van der Waals surface area contributed by atoms with Gasteiger partial charge in [-0.05, 0) is 24.0 Å². The van der Waals surface area contributed by atoms with E-state index in [1.807, 2.05) is 0 Å². The first kappa shape index (κ1) is 21.7. The Labute approximate surface area is 170 Å². The zero-order valence-corrected chi connectivity index (χ0v) is 18.1. The summed E-state index contributed by atoms with van der Waals surface area (Å²) in [5, 5.41) is 15.1. The minimum absolute atomic E-state index is 0.394. The maximum Gasteiger partial charge on any atom is 0.325 e. The van der Waals surface area contributed by atoms with Crippen molar-refractivity contribution in [2.45, 2.75) is 27.7 Å². The molecule has 0 atom stereocenters. The van der Waals surface area contributed by atoms with Crippen LogP contribution >= 0.6 is 11.3 Å². The number of anilines is 3. The van der Waals surface area contributed by atoms with E-state index in [9.17, 15) is 4.79 Å². The zero-order chi connectivity index (χ0) is 20.7. The Morgan fingerprint density at radius 1 is 1.04 bits per heavy atom. The van der Waals surface area contributed by atoms with Gasteiger partial charge in [0.2, 0.25) is 10.3 Å². The lowest BCUT2D eigenvalue weighted by Crippen LogP contribution is -2.31. The van der Waals surface area contributed by atoms with Crippen molar-refractivity contribution in [2.75, 3.05) is 42.8 Å². The third-order valence-corrected chi connectivity index (χ3v) is 4.62. The Bertz CT molecular complexity index is 769. The first-order chi connectivity index (χ1) is 13.3. The van der Waals surface area contributed by atoms with E-state index in [1.165, 1.54) is 11.3 Å². The molecule has 0 fully saturated rings. The molecule has 0 saturated carbocycles. The number of hydrogen-bond acceptors (Lipinski definition) is 7. The molecule has 0 unspecified atom stereocenters. The van der Waals surface area contributed by atoms with E-state index in [2.05, 4.69) is 53.4 Å². The van der Waals surface area contributed by atoms with Crippen LogP contribution in [0.25, 0.3) is 0 Å². The molecule has 0 aliphatic heterocycles. The highest BCUT2D eigenvalue weighted by Crippen LogP contribution is 2.30. The summed E-state index contributed by atoms with van der Waals surface area (Å²) in [6.07, 6.45) is 0. The molecule has 0 aliphatic rings. The summed E-state index contributed by atoms with van der Waals surface area (Å²) < 4.78 is 10.4. The summed E-state index contributed by atoms with van der Waals surface area (Å²) in [5.74, 6) is 2.15. The van der Waals surface area contributed by atoms with Crippen molar-refractivity contribution in [1.29, 1.82) is 0 Å². The van der Waals surface area contributed by atoms with Crippen LogP contribution in [-0.4, -0.2) is 43.5 Å². The number of hydrogen-bond donors (Lipinski definition) is 2. The number of rotatable bonds is 9. The van der Waals surface area contributed by atoms with Gasteiger partial charge in [-0.2, -0.15) is 0 Å². The highest BCUT2D eigenvalue weighted by molar-refractivity contribution is 7.19. The van der Waals surface area contributed by atoms with Crippen molar-refractivity contribution in [3.05, 3.63) is 18.2 Å². The third-order valence-electron chi connectivity index (χ3n) is 3.72. The molecule has 8 nitrogen and oxygen atoms in total. The van der Waals surface area contributed by atoms with Crippen LogP contribution < -0.4 is 25.0 Å². The lowest BCUT2D eigenvalue weighted by molar-refractivity contribution is 0.262. The number of nitrogens with one attached hydrogen (secondary N) is 2. The summed E-state index contributed by atoms with van der Waals surface area (Å²) in [6, 6.07) is 4.76. The van der Waals surface area contributed by atoms with Gasteiger partial charge in [-0.25, -0.2) is 4.79 Å². The van der Waals surface area contributed by atoms with Gasteiger partial charge < -0.3 is 19.7 Å². The Balaban J connectivity index is 2.03. The molecule has 9 heteroatoms. The first-order valence-corrected chi connectivity index (χ1v) is 10.0. The molecule has 2 amide bonds. The summed E-state index contributed by atoms with van der Waals surface area (Å²) in [5.41, 5.74) is 0.584. The van der Waals surface area contributed by atoms with Crippen molar-refractivity contribution < 1.29 is 14.3 Å². The van der Waals surface area contributed by atoms with Crippen molar-refractivity contribution in [3.8, 4) is 11.5 Å². The highest BCUT2D eigenvalue weighted by Gasteiger charge is 2.17. The van der Waals surface area contributed by atoms with Crippen molar-refractivity contribution in [3.63, 3.8) is 0 Å². The Hall–Kier alpha value is -2.55. The minimum Gasteiger partial charge on any atom is -0.493 e. The number of amides is 2. The van der Waals surface area contributed by atoms with Crippen molar-refractivity contribution in [2.24, 2.45) is 11.8 Å². The highest BCUT2D eigenvalue weighted by atomic mass is 32.1. The number of ether oxygens (including phenoxy) is 2. The molecule has 1 aromatic carbocycles. The number of aromatic nitrogens is 2. The first-order valence-electron chi connectivity index (χ1n) is 9.20. The topological polar surface area (TPSA) is 88.6 Å². The molecule has 0 bridgehead atoms. The SMILES string of the molecule is COc1ccc(NC(=O)Nc2nnc(N(CC(C)C)CC(C)C)s2)cc1OC. The van der Waals surface area contributed by atoms with Gasteiger partial charge in [0, 0.05) is 24.8 Å². The maximum absolute atomic E-state index is 12.3. The Kier molecular flexibility index (Phi) is 7.86. The zero-order valence-electron chi connectivity index (χ0n) is 17.3. The van der Waals surface area contributed by atoms with Gasteiger partial charge in [0.05, 0.1) is 14.2 Å². The van der Waals surface area contributed by atoms with Gasteiger partial charge in [-0.1, -0.05) is 39.0 Å². The molecule has 1 aromatic heterocycles. The fourth-order valence-corrected chi connectivity index (χ4v) is 3.44. The van der Waals surface area contributed by atoms with E-state index >= 15 is 0 Å². The summed E-state index contributed by atoms with van der Waals surface area (Å²) >= 11 is 1.36. The van der Waals surface area contributed by atoms with Crippen molar-refractivity contribution in [1.82, 2.24) is 10.2 Å². The van der Waals surface area contributed by atoms with Crippen LogP contribution in [0.2, 0.25) is 0 Å². The average Bonchev–Trinajstić information content (AvgIpc) is 3.08. The Morgan fingerprint density at radius 3 is 2.25 bits per heavy atom. The lowest BCUT2D eigenvalue weighted by Gasteiger charge is -2.25. The van der Waals surface area contributed by atoms with Crippen LogP contribution in [0.4, 0.5) is 20.7 Å². The van der Waals surface area contributed by atoms with E-state index in [-0.39, 0.29) is 0 Å². The fraction of sp³-hybridized carbons (Fsp3) is 0.526. The number of carbonyl (C=O) groups excluding carboxylic acids is 1. The molecule has 2 rings (SSSR count). The van der Waals surface area contributed by atoms with Crippen LogP contribution in [0.15, 0.2) is 18.2 Å². The van der Waals surface area contributed by atoms with E-state index in [4.69, 9.17) is 9.47 Å². The molecular formula is C19H29N5O3S. The van der Waals surface area contributed by atoms with Gasteiger partial charge in [-0.15, -0.1) is 10.2 Å². The molecule has 0 saturated heterocycles. The molecule has 0 radical (unpaired) electrons. The van der Waals surface area contributed by atoms with E-state index in [0.717, 1.165) is 18.2 Å². The van der Waals surface area contributed by atoms with Gasteiger partial charge in [0.1, 0.15) is 0 Å². The monoisotopic (exact) mass is 407 g/mol. The predicted octanol–water partition coefficient (Wildman–Crippen LogP) is 4.32. The van der Waals surface area contributed by atoms with E-state index < -0.39 is 6.03 Å². The maximum atomic E-state index is 12.3. The van der Waals surface area contributed by atoms with Crippen LogP contribution in [0, 0.1) is 11.8 Å². The molecule has 28 heavy (non-hydrogen) atoms. The molecular weight excluding hydrogens is 378 g/mol. The number of urea groups is 1. The van der Waals surface area contributed by atoms with Gasteiger partial charge >= 0.3 is 6.03 Å². The quantitative estimate of drug-likeness (QED) is 0.644. The molecule has 0 spiro atoms. The van der Waals surface area contributed by atoms with Gasteiger partial charge in [0.15, 0.2) is 11.5 Å². The Morgan fingerprint density at radius 2 is 1.68 bits per heavy atom. The largest absolute Gasteiger partial charge is 0.493 e. The summed E-state index contributed by atoms with van der Waals surface area (Å²) in [4.78, 5) is 14.5. The van der Waals surface area contributed by atoms with Crippen LogP contribution in [-0.2, 0) is 0 Å². The predicted molar refractivity (Wildman–Crippen MR) is 114 cm³/mol. The normalized spacial score (nSPS) is 10.9. The summed E-state index contributed by atoms with van der Waals surface area (Å²) in [7, 11) is 3.11. The fourth-order valence-electron chi connectivity index (χ4n) is 2.68. The van der Waals surface area contributed by atoms with Gasteiger partial charge in [-0.3, -0.25) is 5.32 Å². The number of nitrogens with zero attached hydrogens (tertiary/aromatic N) is 3. The second-order valence-corrected chi connectivity index (χ2v) is 8.19. The molecule has 2 aromatic rings. The second kappa shape index (κ2) is 10.1. The number of benzene rings is 1. The van der Waals surface area contributed by atoms with Crippen LogP contribution in [0.5, 0.6) is 11.5 Å². The lowest BCUT2D eigenvalue weighted by atomic mass is 10.1. The van der Waals surface area contributed by atoms with Crippen LogP contribution in [0.1, 0.15) is 27.7 Å². The molecule has 1 heterocycles. The van der Waals surface area contributed by atoms with E-state index in [1.54, 1.807) is 32.4 Å². The molecule has 2 N–H and O–H groups in total. The number of carbonyl (C=O) groups is 1. The summed E-state index contributed by atoms with van der Waals surface area (Å²) in [6.45, 7) is 10.5. The minimum atomic E-state index is -0.394.